The standard InChI is InChI=1S/C26H29N3O2/c1-18-9-3-4-11-20(18)16-29-24(30)23-15-19-10-5-8-14-22(19)28(23)17-26(29,2)25(31)27-21-12-6-7-13-21/h3-5,8-11,14-15,21H,6-7,12-13,16-17H2,1-2H3,(H,27,31)/t26-/m0/s1. The number of aromatic nitrogens is 1. The summed E-state index contributed by atoms with van der Waals surface area (Å²) in [7, 11) is 0. The van der Waals surface area contributed by atoms with E-state index in [9.17, 15) is 9.59 Å². The molecule has 2 amide bonds. The molecule has 0 unspecified atom stereocenters. The zero-order valence-corrected chi connectivity index (χ0v) is 18.2. The van der Waals surface area contributed by atoms with Gasteiger partial charge in [0.1, 0.15) is 11.2 Å². The van der Waals surface area contributed by atoms with E-state index in [1.807, 2.05) is 60.0 Å². The average Bonchev–Trinajstić information content (AvgIpc) is 3.40. The van der Waals surface area contributed by atoms with Gasteiger partial charge in [-0.15, -0.1) is 0 Å². The van der Waals surface area contributed by atoms with E-state index in [2.05, 4.69) is 18.3 Å². The van der Waals surface area contributed by atoms with E-state index in [-0.39, 0.29) is 17.9 Å². The molecule has 5 nitrogen and oxygen atoms in total. The van der Waals surface area contributed by atoms with Crippen LogP contribution in [-0.4, -0.2) is 32.9 Å². The first kappa shape index (κ1) is 19.9. The van der Waals surface area contributed by atoms with E-state index in [1.54, 1.807) is 4.90 Å². The number of carbonyl (C=O) groups is 2. The number of amides is 2. The zero-order chi connectivity index (χ0) is 21.6. The van der Waals surface area contributed by atoms with E-state index in [0.717, 1.165) is 47.7 Å². The summed E-state index contributed by atoms with van der Waals surface area (Å²) in [5, 5.41) is 4.29. The molecule has 1 atom stereocenters. The van der Waals surface area contributed by atoms with Gasteiger partial charge < -0.3 is 14.8 Å². The molecule has 1 aromatic heterocycles. The van der Waals surface area contributed by atoms with Gasteiger partial charge in [0, 0.05) is 23.5 Å². The molecule has 0 spiro atoms. The number of hydrogen-bond acceptors (Lipinski definition) is 2. The van der Waals surface area contributed by atoms with Crippen molar-refractivity contribution in [2.24, 2.45) is 0 Å². The summed E-state index contributed by atoms with van der Waals surface area (Å²) < 4.78 is 2.03. The molecule has 1 N–H and O–H groups in total. The van der Waals surface area contributed by atoms with Gasteiger partial charge in [0.2, 0.25) is 5.91 Å². The molecule has 2 heterocycles. The molecule has 160 valence electrons. The summed E-state index contributed by atoms with van der Waals surface area (Å²) in [5.41, 5.74) is 2.89. The van der Waals surface area contributed by atoms with Crippen LogP contribution in [0.4, 0.5) is 0 Å². The quantitative estimate of drug-likeness (QED) is 0.686. The highest BCUT2D eigenvalue weighted by atomic mass is 16.2. The lowest BCUT2D eigenvalue weighted by Crippen LogP contribution is -2.64. The first-order valence-corrected chi connectivity index (χ1v) is 11.2. The summed E-state index contributed by atoms with van der Waals surface area (Å²) in [6.07, 6.45) is 4.34. The largest absolute Gasteiger partial charge is 0.351 e. The van der Waals surface area contributed by atoms with Gasteiger partial charge >= 0.3 is 0 Å². The Bertz CT molecular complexity index is 1160. The number of para-hydroxylation sites is 1. The molecule has 1 aliphatic carbocycles. The minimum atomic E-state index is -0.962. The molecule has 1 saturated carbocycles. The van der Waals surface area contributed by atoms with Crippen LogP contribution in [0.15, 0.2) is 54.6 Å². The van der Waals surface area contributed by atoms with E-state index in [1.165, 1.54) is 0 Å². The lowest BCUT2D eigenvalue weighted by atomic mass is 9.93. The van der Waals surface area contributed by atoms with Gasteiger partial charge in [0.15, 0.2) is 0 Å². The Labute approximate surface area is 183 Å². The van der Waals surface area contributed by atoms with Crippen LogP contribution in [0.1, 0.15) is 54.2 Å². The molecule has 0 saturated heterocycles. The molecule has 0 bridgehead atoms. The predicted octanol–water partition coefficient (Wildman–Crippen LogP) is 4.42. The van der Waals surface area contributed by atoms with Crippen molar-refractivity contribution in [1.82, 2.24) is 14.8 Å². The second kappa shape index (κ2) is 7.56. The highest BCUT2D eigenvalue weighted by molar-refractivity contribution is 6.03. The Balaban J connectivity index is 1.58. The third kappa shape index (κ3) is 3.32. The third-order valence-corrected chi connectivity index (χ3v) is 7.11. The van der Waals surface area contributed by atoms with Crippen LogP contribution >= 0.6 is 0 Å². The fraction of sp³-hybridized carbons (Fsp3) is 0.385. The van der Waals surface area contributed by atoms with Crippen LogP contribution in [0.5, 0.6) is 0 Å². The van der Waals surface area contributed by atoms with Crippen molar-refractivity contribution in [1.29, 1.82) is 0 Å². The molecule has 2 aliphatic rings. The number of rotatable bonds is 4. The number of benzene rings is 2. The van der Waals surface area contributed by atoms with Crippen LogP contribution in [-0.2, 0) is 17.9 Å². The number of hydrogen-bond donors (Lipinski definition) is 1. The van der Waals surface area contributed by atoms with Crippen LogP contribution in [0.2, 0.25) is 0 Å². The fourth-order valence-electron chi connectivity index (χ4n) is 5.12. The highest BCUT2D eigenvalue weighted by Crippen LogP contribution is 2.34. The monoisotopic (exact) mass is 415 g/mol. The topological polar surface area (TPSA) is 54.3 Å². The number of nitrogens with one attached hydrogen (secondary N) is 1. The lowest BCUT2D eigenvalue weighted by Gasteiger charge is -2.44. The molecule has 1 fully saturated rings. The van der Waals surface area contributed by atoms with E-state index in [0.29, 0.717) is 18.8 Å². The van der Waals surface area contributed by atoms with Crippen molar-refractivity contribution in [3.63, 3.8) is 0 Å². The van der Waals surface area contributed by atoms with Gasteiger partial charge in [-0.1, -0.05) is 55.3 Å². The third-order valence-electron chi connectivity index (χ3n) is 7.11. The summed E-state index contributed by atoms with van der Waals surface area (Å²) in [4.78, 5) is 29.2. The van der Waals surface area contributed by atoms with Gasteiger partial charge in [-0.2, -0.15) is 0 Å². The summed E-state index contributed by atoms with van der Waals surface area (Å²) in [6, 6.07) is 18.3. The Morgan fingerprint density at radius 2 is 1.81 bits per heavy atom. The highest BCUT2D eigenvalue weighted by Gasteiger charge is 2.48. The van der Waals surface area contributed by atoms with Crippen LogP contribution in [0.25, 0.3) is 10.9 Å². The predicted molar refractivity (Wildman–Crippen MR) is 122 cm³/mol. The van der Waals surface area contributed by atoms with Crippen LogP contribution in [0.3, 0.4) is 0 Å². The van der Waals surface area contributed by atoms with Crippen molar-refractivity contribution in [2.75, 3.05) is 0 Å². The molecule has 0 radical (unpaired) electrons. The van der Waals surface area contributed by atoms with E-state index in [4.69, 9.17) is 0 Å². The maximum atomic E-state index is 13.8. The molecule has 31 heavy (non-hydrogen) atoms. The average molecular weight is 416 g/mol. The Morgan fingerprint density at radius 1 is 1.10 bits per heavy atom. The van der Waals surface area contributed by atoms with Crippen LogP contribution < -0.4 is 5.32 Å². The second-order valence-electron chi connectivity index (χ2n) is 9.22. The van der Waals surface area contributed by atoms with Gasteiger partial charge in [-0.25, -0.2) is 0 Å². The number of carbonyl (C=O) groups excluding carboxylic acids is 2. The Morgan fingerprint density at radius 3 is 2.58 bits per heavy atom. The SMILES string of the molecule is Cc1ccccc1CN1C(=O)c2cc3ccccc3n2C[C@@]1(C)C(=O)NC1CCCC1. The lowest BCUT2D eigenvalue weighted by molar-refractivity contribution is -0.133. The summed E-state index contributed by atoms with van der Waals surface area (Å²) >= 11 is 0. The van der Waals surface area contributed by atoms with Crippen molar-refractivity contribution in [2.45, 2.75) is 64.2 Å². The van der Waals surface area contributed by atoms with Crippen LogP contribution in [0, 0.1) is 6.92 Å². The van der Waals surface area contributed by atoms with Crippen molar-refractivity contribution in [3.8, 4) is 0 Å². The minimum Gasteiger partial charge on any atom is -0.351 e. The van der Waals surface area contributed by atoms with Gasteiger partial charge in [-0.3, -0.25) is 9.59 Å². The molecule has 1 aliphatic heterocycles. The molecule has 5 rings (SSSR count). The van der Waals surface area contributed by atoms with Gasteiger partial charge in [-0.05, 0) is 49.9 Å². The van der Waals surface area contributed by atoms with E-state index >= 15 is 0 Å². The molecular weight excluding hydrogens is 386 g/mol. The van der Waals surface area contributed by atoms with Crippen molar-refractivity contribution in [3.05, 3.63) is 71.4 Å². The van der Waals surface area contributed by atoms with Gasteiger partial charge in [0.05, 0.1) is 6.54 Å². The second-order valence-corrected chi connectivity index (χ2v) is 9.22. The maximum Gasteiger partial charge on any atom is 0.271 e. The van der Waals surface area contributed by atoms with Crippen molar-refractivity contribution >= 4 is 22.7 Å². The maximum absolute atomic E-state index is 13.8. The minimum absolute atomic E-state index is 0.0511. The zero-order valence-electron chi connectivity index (χ0n) is 18.2. The summed E-state index contributed by atoms with van der Waals surface area (Å²) in [5.74, 6) is -0.139. The molecule has 3 aromatic rings. The number of fused-ring (bicyclic) bond motifs is 3. The summed E-state index contributed by atoms with van der Waals surface area (Å²) in [6.45, 7) is 4.84. The van der Waals surface area contributed by atoms with Gasteiger partial charge in [0.25, 0.3) is 5.91 Å². The number of nitrogens with zero attached hydrogens (tertiary/aromatic N) is 2. The normalized spacial score (nSPS) is 21.5. The first-order valence-electron chi connectivity index (χ1n) is 11.2. The fourth-order valence-corrected chi connectivity index (χ4v) is 5.12. The molecular formula is C26H29N3O2. The van der Waals surface area contributed by atoms with E-state index < -0.39 is 5.54 Å². The Kier molecular flexibility index (Phi) is 4.84. The smallest absolute Gasteiger partial charge is 0.271 e. The first-order chi connectivity index (χ1) is 15.0. The molecule has 2 aromatic carbocycles. The molecule has 5 heteroatoms. The van der Waals surface area contributed by atoms with Crippen molar-refractivity contribution < 1.29 is 9.59 Å². The number of aryl methyl sites for hydroxylation is 1. The Hall–Kier alpha value is -3.08.